The van der Waals surface area contributed by atoms with Crippen molar-refractivity contribution >= 4 is 57.5 Å². The second-order valence-corrected chi connectivity index (χ2v) is 10.7. The molecule has 1 heterocycles. The van der Waals surface area contributed by atoms with Gasteiger partial charge in [0.15, 0.2) is 0 Å². The molecule has 0 saturated carbocycles. The minimum Gasteiger partial charge on any atom is -0.478 e. The van der Waals surface area contributed by atoms with Crippen LogP contribution in [0.25, 0.3) is 11.1 Å². The molecule has 2 amide bonds. The summed E-state index contributed by atoms with van der Waals surface area (Å²) in [6, 6.07) is 21.5. The number of aromatic carboxylic acids is 2. The maximum atomic E-state index is 13.0. The maximum Gasteiger partial charge on any atom is 0.336 e. The number of hydrogen-bond acceptors (Lipinski definition) is 7. The molecule has 0 bridgehead atoms. The largest absolute Gasteiger partial charge is 0.478 e. The first-order valence-corrected chi connectivity index (χ1v) is 13.5. The average Bonchev–Trinajstić information content (AvgIpc) is 3.35. The number of carbonyl (C=O) groups excluding carboxylic acids is 2. The van der Waals surface area contributed by atoms with Crippen molar-refractivity contribution in [2.45, 2.75) is 17.1 Å². The van der Waals surface area contributed by atoms with Gasteiger partial charge in [0, 0.05) is 21.5 Å². The Kier molecular flexibility index (Phi) is 8.63. The van der Waals surface area contributed by atoms with Gasteiger partial charge >= 0.3 is 11.9 Å². The Morgan fingerprint density at radius 1 is 0.900 bits per heavy atom. The lowest BCUT2D eigenvalue weighted by Crippen LogP contribution is -2.22. The molecule has 0 spiro atoms. The van der Waals surface area contributed by atoms with Crippen LogP contribution < -0.4 is 10.6 Å². The quantitative estimate of drug-likeness (QED) is 0.177. The molecule has 3 aromatic carbocycles. The van der Waals surface area contributed by atoms with Gasteiger partial charge in [0.05, 0.1) is 27.5 Å². The van der Waals surface area contributed by atoms with Crippen LogP contribution in [0.1, 0.15) is 43.6 Å². The first-order valence-electron chi connectivity index (χ1n) is 11.7. The molecule has 1 atom stereocenters. The molecular formula is C29H21N3O6S2. The predicted molar refractivity (Wildman–Crippen MR) is 153 cm³/mol. The highest BCUT2D eigenvalue weighted by Crippen LogP contribution is 2.36. The summed E-state index contributed by atoms with van der Waals surface area (Å²) in [6.07, 6.45) is 0. The smallest absolute Gasteiger partial charge is 0.336 e. The Morgan fingerprint density at radius 3 is 2.33 bits per heavy atom. The summed E-state index contributed by atoms with van der Waals surface area (Å²) < 4.78 is 0. The number of nitriles is 1. The summed E-state index contributed by atoms with van der Waals surface area (Å²) in [7, 11) is 0. The second kappa shape index (κ2) is 12.3. The van der Waals surface area contributed by atoms with Crippen molar-refractivity contribution in [3.05, 3.63) is 100 Å². The third kappa shape index (κ3) is 6.37. The molecule has 0 saturated heterocycles. The molecular weight excluding hydrogens is 550 g/mol. The molecule has 4 rings (SSSR count). The van der Waals surface area contributed by atoms with Crippen molar-refractivity contribution in [2.75, 3.05) is 10.6 Å². The Morgan fingerprint density at radius 2 is 1.65 bits per heavy atom. The van der Waals surface area contributed by atoms with E-state index in [1.165, 1.54) is 23.1 Å². The maximum absolute atomic E-state index is 13.0. The lowest BCUT2D eigenvalue weighted by Gasteiger charge is -2.13. The molecule has 9 nitrogen and oxygen atoms in total. The summed E-state index contributed by atoms with van der Waals surface area (Å²) in [5, 5.41) is 35.5. The standard InChI is InChI=1S/C29H21N3O6S2/c1-16(25(33)32-27-23(14-30)24(15-39-27)17-6-3-2-4-7-17)40-20-9-5-8-19(13-20)31-26(34)21-11-10-18(28(35)36)12-22(21)29(37)38/h2-13,15-16H,1H3,(H,31,34)(H,32,33)(H,35,36)(H,37,38). The van der Waals surface area contributed by atoms with Crippen molar-refractivity contribution in [3.63, 3.8) is 0 Å². The van der Waals surface area contributed by atoms with E-state index in [0.717, 1.165) is 29.3 Å². The van der Waals surface area contributed by atoms with Gasteiger partial charge in [-0.05, 0) is 48.9 Å². The van der Waals surface area contributed by atoms with Crippen molar-refractivity contribution in [3.8, 4) is 17.2 Å². The fourth-order valence-electron chi connectivity index (χ4n) is 3.76. The minimum atomic E-state index is -1.43. The van der Waals surface area contributed by atoms with Crippen LogP contribution in [0, 0.1) is 11.3 Å². The Balaban J connectivity index is 1.45. The molecule has 1 unspecified atom stereocenters. The molecule has 11 heteroatoms. The van der Waals surface area contributed by atoms with Gasteiger partial charge in [-0.15, -0.1) is 23.1 Å². The van der Waals surface area contributed by atoms with Gasteiger partial charge in [0.25, 0.3) is 5.91 Å². The molecule has 40 heavy (non-hydrogen) atoms. The Hall–Kier alpha value is -4.92. The summed E-state index contributed by atoms with van der Waals surface area (Å²) >= 11 is 2.51. The van der Waals surface area contributed by atoms with Gasteiger partial charge in [0.2, 0.25) is 5.91 Å². The number of amides is 2. The fourth-order valence-corrected chi connectivity index (χ4v) is 5.61. The monoisotopic (exact) mass is 571 g/mol. The predicted octanol–water partition coefficient (Wildman–Crippen LogP) is 6.05. The van der Waals surface area contributed by atoms with Crippen LogP contribution in [-0.4, -0.2) is 39.2 Å². The summed E-state index contributed by atoms with van der Waals surface area (Å²) in [5.41, 5.74) is 1.50. The number of anilines is 2. The highest BCUT2D eigenvalue weighted by Gasteiger charge is 2.21. The molecule has 1 aromatic heterocycles. The van der Waals surface area contributed by atoms with Crippen LogP contribution in [0.5, 0.6) is 0 Å². The van der Waals surface area contributed by atoms with Gasteiger partial charge in [-0.25, -0.2) is 9.59 Å². The van der Waals surface area contributed by atoms with E-state index in [1.54, 1.807) is 31.2 Å². The van der Waals surface area contributed by atoms with Crippen LogP contribution in [-0.2, 0) is 4.79 Å². The summed E-state index contributed by atoms with van der Waals surface area (Å²) in [4.78, 5) is 49.2. The van der Waals surface area contributed by atoms with Gasteiger partial charge in [-0.1, -0.05) is 36.4 Å². The number of thioether (sulfide) groups is 1. The molecule has 0 fully saturated rings. The first-order chi connectivity index (χ1) is 19.2. The lowest BCUT2D eigenvalue weighted by atomic mass is 10.0. The SMILES string of the molecule is CC(Sc1cccc(NC(=O)c2ccc(C(=O)O)cc2C(=O)O)c1)C(=O)Nc1scc(-c2ccccc2)c1C#N. The topological polar surface area (TPSA) is 157 Å². The van der Waals surface area contributed by atoms with Crippen LogP contribution in [0.4, 0.5) is 10.7 Å². The van der Waals surface area contributed by atoms with Gasteiger partial charge in [-0.3, -0.25) is 9.59 Å². The van der Waals surface area contributed by atoms with E-state index in [1.807, 2.05) is 35.7 Å². The van der Waals surface area contributed by atoms with Gasteiger partial charge in [-0.2, -0.15) is 5.26 Å². The van der Waals surface area contributed by atoms with E-state index in [-0.39, 0.29) is 17.0 Å². The fraction of sp³-hybridized carbons (Fsp3) is 0.0690. The van der Waals surface area contributed by atoms with E-state index in [0.29, 0.717) is 21.1 Å². The Labute approximate surface area is 237 Å². The number of benzene rings is 3. The van der Waals surface area contributed by atoms with Crippen molar-refractivity contribution in [1.82, 2.24) is 0 Å². The molecule has 0 aliphatic rings. The lowest BCUT2D eigenvalue weighted by molar-refractivity contribution is -0.115. The molecule has 200 valence electrons. The first kappa shape index (κ1) is 28.1. The highest BCUT2D eigenvalue weighted by atomic mass is 32.2. The van der Waals surface area contributed by atoms with Gasteiger partial charge < -0.3 is 20.8 Å². The minimum absolute atomic E-state index is 0.192. The number of thiophene rings is 1. The van der Waals surface area contributed by atoms with E-state index in [4.69, 9.17) is 5.11 Å². The highest BCUT2D eigenvalue weighted by molar-refractivity contribution is 8.00. The average molecular weight is 572 g/mol. The van der Waals surface area contributed by atoms with E-state index in [2.05, 4.69) is 16.7 Å². The van der Waals surface area contributed by atoms with E-state index >= 15 is 0 Å². The third-order valence-corrected chi connectivity index (χ3v) is 7.73. The van der Waals surface area contributed by atoms with Gasteiger partial charge in [0.1, 0.15) is 11.1 Å². The number of hydrogen-bond donors (Lipinski definition) is 4. The van der Waals surface area contributed by atoms with Crippen LogP contribution in [0.2, 0.25) is 0 Å². The molecule has 4 aromatic rings. The zero-order chi connectivity index (χ0) is 28.8. The van der Waals surface area contributed by atoms with Crippen LogP contribution in [0.3, 0.4) is 0 Å². The van der Waals surface area contributed by atoms with Crippen LogP contribution >= 0.6 is 23.1 Å². The van der Waals surface area contributed by atoms with E-state index in [9.17, 15) is 29.5 Å². The van der Waals surface area contributed by atoms with Crippen molar-refractivity contribution in [2.24, 2.45) is 0 Å². The molecule has 0 aliphatic carbocycles. The van der Waals surface area contributed by atoms with Crippen molar-refractivity contribution in [1.29, 1.82) is 5.26 Å². The van der Waals surface area contributed by atoms with Crippen LogP contribution in [0.15, 0.2) is 83.1 Å². The summed E-state index contributed by atoms with van der Waals surface area (Å²) in [6.45, 7) is 1.71. The van der Waals surface area contributed by atoms with Crippen molar-refractivity contribution < 1.29 is 29.4 Å². The number of rotatable bonds is 9. The molecule has 0 radical (unpaired) electrons. The molecule has 4 N–H and O–H groups in total. The normalized spacial score (nSPS) is 11.2. The zero-order valence-corrected chi connectivity index (χ0v) is 22.5. The third-order valence-electron chi connectivity index (χ3n) is 5.74. The molecule has 0 aliphatic heterocycles. The number of nitrogens with zero attached hydrogens (tertiary/aromatic N) is 1. The second-order valence-electron chi connectivity index (χ2n) is 8.43. The number of carbonyl (C=O) groups is 4. The summed E-state index contributed by atoms with van der Waals surface area (Å²) in [5.74, 6) is -3.77. The number of carboxylic acids is 2. The number of carboxylic acid groups (broad SMARTS) is 2. The number of nitrogens with one attached hydrogen (secondary N) is 2. The Bertz CT molecular complexity index is 1660. The van der Waals surface area contributed by atoms with E-state index < -0.39 is 28.7 Å². The zero-order valence-electron chi connectivity index (χ0n) is 20.9.